The summed E-state index contributed by atoms with van der Waals surface area (Å²) in [6.45, 7) is 13.2. The van der Waals surface area contributed by atoms with Crippen LogP contribution < -0.4 is 5.73 Å². The molecule has 2 aromatic rings. The second-order valence-electron chi connectivity index (χ2n) is 7.82. The van der Waals surface area contributed by atoms with Gasteiger partial charge in [0.25, 0.3) is 0 Å². The molecule has 1 heterocycles. The Morgan fingerprint density at radius 1 is 1.00 bits per heavy atom. The van der Waals surface area contributed by atoms with Crippen LogP contribution in [0.25, 0.3) is 16.7 Å². The summed E-state index contributed by atoms with van der Waals surface area (Å²) in [7, 11) is 1.73. The standard InChI is InChI=1S/C20H25N.C7H14N2/c1-6-8-17(14(2)3)20-16(5)9-7-10-18(20)19-13-21-12-11-15(19)4;1-3-4-7(8)5-6-9-2/h7,9-13H,6,8H2,1-5H3;5-6H,3-4,8H2,1-2H3/b;7-5-,9-6?. The van der Waals surface area contributed by atoms with Crippen LogP contribution in [0.4, 0.5) is 0 Å². The summed E-state index contributed by atoms with van der Waals surface area (Å²) in [5.41, 5.74) is 15.9. The van der Waals surface area contributed by atoms with Gasteiger partial charge in [0.1, 0.15) is 0 Å². The molecule has 30 heavy (non-hydrogen) atoms. The number of pyridine rings is 1. The fourth-order valence-corrected chi connectivity index (χ4v) is 3.46. The number of hydrogen-bond donors (Lipinski definition) is 1. The van der Waals surface area contributed by atoms with Gasteiger partial charge >= 0.3 is 0 Å². The van der Waals surface area contributed by atoms with E-state index >= 15 is 0 Å². The summed E-state index contributed by atoms with van der Waals surface area (Å²) in [5.74, 6) is 0. The Hall–Kier alpha value is -2.68. The Bertz CT molecular complexity index is 885. The zero-order valence-corrected chi connectivity index (χ0v) is 19.9. The molecule has 0 bridgehead atoms. The van der Waals surface area contributed by atoms with Crippen molar-refractivity contribution in [2.24, 2.45) is 10.7 Å². The van der Waals surface area contributed by atoms with Crippen molar-refractivity contribution >= 4 is 11.8 Å². The summed E-state index contributed by atoms with van der Waals surface area (Å²) in [5, 5.41) is 0. The maximum Gasteiger partial charge on any atom is 0.0349 e. The van der Waals surface area contributed by atoms with Gasteiger partial charge in [-0.05, 0) is 80.5 Å². The SMILES string of the molecule is CCC/C(N)=C/C=NC.CCCC(=C(C)C)c1c(C)cccc1-c1cnccc1C. The van der Waals surface area contributed by atoms with Crippen molar-refractivity contribution in [3.63, 3.8) is 0 Å². The van der Waals surface area contributed by atoms with E-state index in [0.29, 0.717) is 0 Å². The summed E-state index contributed by atoms with van der Waals surface area (Å²) < 4.78 is 0. The molecule has 0 aliphatic carbocycles. The van der Waals surface area contributed by atoms with E-state index < -0.39 is 0 Å². The number of nitrogens with two attached hydrogens (primary N) is 1. The van der Waals surface area contributed by atoms with Crippen molar-refractivity contribution in [3.8, 4) is 11.1 Å². The first-order valence-corrected chi connectivity index (χ1v) is 10.9. The number of allylic oxidation sites excluding steroid dienone is 4. The van der Waals surface area contributed by atoms with Crippen molar-refractivity contribution < 1.29 is 0 Å². The molecular weight excluding hydrogens is 366 g/mol. The van der Waals surface area contributed by atoms with Gasteiger partial charge in [-0.15, -0.1) is 0 Å². The second kappa shape index (κ2) is 13.5. The van der Waals surface area contributed by atoms with Gasteiger partial charge in [-0.1, -0.05) is 50.5 Å². The molecule has 0 aliphatic rings. The zero-order valence-electron chi connectivity index (χ0n) is 19.9. The second-order valence-corrected chi connectivity index (χ2v) is 7.82. The molecule has 0 atom stereocenters. The largest absolute Gasteiger partial charge is 0.402 e. The molecule has 0 spiro atoms. The van der Waals surface area contributed by atoms with E-state index in [2.05, 4.69) is 75.8 Å². The van der Waals surface area contributed by atoms with Crippen LogP contribution in [0.5, 0.6) is 0 Å². The minimum absolute atomic E-state index is 0.906. The highest BCUT2D eigenvalue weighted by atomic mass is 14.6. The molecule has 0 amide bonds. The minimum Gasteiger partial charge on any atom is -0.402 e. The molecule has 162 valence electrons. The maximum absolute atomic E-state index is 5.54. The monoisotopic (exact) mass is 405 g/mol. The van der Waals surface area contributed by atoms with Crippen LogP contribution in [0.1, 0.15) is 70.1 Å². The van der Waals surface area contributed by atoms with Crippen LogP contribution in [0.3, 0.4) is 0 Å². The van der Waals surface area contributed by atoms with Crippen LogP contribution in [0, 0.1) is 13.8 Å². The molecule has 3 heteroatoms. The van der Waals surface area contributed by atoms with E-state index in [1.54, 1.807) is 13.3 Å². The Morgan fingerprint density at radius 2 is 1.70 bits per heavy atom. The molecule has 2 rings (SSSR count). The molecule has 1 aromatic heterocycles. The van der Waals surface area contributed by atoms with Gasteiger partial charge in [0, 0.05) is 36.9 Å². The van der Waals surface area contributed by atoms with Crippen LogP contribution in [0.2, 0.25) is 0 Å². The third kappa shape index (κ3) is 7.62. The average molecular weight is 406 g/mol. The number of nitrogens with zero attached hydrogens (tertiary/aromatic N) is 2. The topological polar surface area (TPSA) is 51.3 Å². The maximum atomic E-state index is 5.54. The third-order valence-electron chi connectivity index (χ3n) is 4.98. The lowest BCUT2D eigenvalue weighted by Gasteiger charge is -2.18. The fraction of sp³-hybridized carbons (Fsp3) is 0.407. The molecule has 2 N–H and O–H groups in total. The fourth-order valence-electron chi connectivity index (χ4n) is 3.46. The highest BCUT2D eigenvalue weighted by Gasteiger charge is 2.14. The number of rotatable bonds is 7. The lowest BCUT2D eigenvalue weighted by molar-refractivity contribution is 0.895. The van der Waals surface area contributed by atoms with E-state index in [-0.39, 0.29) is 0 Å². The van der Waals surface area contributed by atoms with E-state index in [4.69, 9.17) is 5.73 Å². The summed E-state index contributed by atoms with van der Waals surface area (Å²) in [6.07, 6.45) is 11.8. The molecule has 0 radical (unpaired) electrons. The summed E-state index contributed by atoms with van der Waals surface area (Å²) in [4.78, 5) is 8.10. The lowest BCUT2D eigenvalue weighted by atomic mass is 9.86. The first kappa shape index (κ1) is 25.4. The van der Waals surface area contributed by atoms with Crippen LogP contribution >= 0.6 is 0 Å². The normalized spacial score (nSPS) is 11.2. The van der Waals surface area contributed by atoms with Gasteiger partial charge < -0.3 is 5.73 Å². The van der Waals surface area contributed by atoms with Gasteiger partial charge in [0.05, 0.1) is 0 Å². The van der Waals surface area contributed by atoms with Crippen LogP contribution in [-0.2, 0) is 0 Å². The summed E-state index contributed by atoms with van der Waals surface area (Å²) >= 11 is 0. The average Bonchev–Trinajstić information content (AvgIpc) is 2.72. The van der Waals surface area contributed by atoms with Crippen LogP contribution in [-0.4, -0.2) is 18.2 Å². The van der Waals surface area contributed by atoms with E-state index in [9.17, 15) is 0 Å². The van der Waals surface area contributed by atoms with E-state index in [1.165, 1.54) is 45.4 Å². The zero-order chi connectivity index (χ0) is 22.5. The van der Waals surface area contributed by atoms with Crippen molar-refractivity contribution in [2.75, 3.05) is 7.05 Å². The molecular formula is C27H39N3. The van der Waals surface area contributed by atoms with Gasteiger partial charge in [0.2, 0.25) is 0 Å². The van der Waals surface area contributed by atoms with Crippen molar-refractivity contribution in [3.05, 3.63) is 70.7 Å². The van der Waals surface area contributed by atoms with Crippen LogP contribution in [0.15, 0.2) is 59.0 Å². The lowest BCUT2D eigenvalue weighted by Crippen LogP contribution is -1.97. The van der Waals surface area contributed by atoms with Gasteiger partial charge in [-0.3, -0.25) is 9.98 Å². The van der Waals surface area contributed by atoms with E-state index in [1.807, 2.05) is 18.5 Å². The van der Waals surface area contributed by atoms with Gasteiger partial charge in [-0.25, -0.2) is 0 Å². The minimum atomic E-state index is 0.906. The molecule has 0 aliphatic heterocycles. The Labute approximate surface area is 183 Å². The number of benzene rings is 1. The predicted molar refractivity (Wildman–Crippen MR) is 134 cm³/mol. The molecule has 1 aromatic carbocycles. The molecule has 3 nitrogen and oxygen atoms in total. The molecule has 0 saturated carbocycles. The summed E-state index contributed by atoms with van der Waals surface area (Å²) in [6, 6.07) is 8.67. The van der Waals surface area contributed by atoms with Gasteiger partial charge in [-0.2, -0.15) is 0 Å². The number of aryl methyl sites for hydroxylation is 2. The van der Waals surface area contributed by atoms with E-state index in [0.717, 1.165) is 25.0 Å². The Balaban J connectivity index is 0.000000424. The third-order valence-corrected chi connectivity index (χ3v) is 4.98. The first-order valence-electron chi connectivity index (χ1n) is 10.9. The Kier molecular flexibility index (Phi) is 11.4. The van der Waals surface area contributed by atoms with Crippen molar-refractivity contribution in [2.45, 2.75) is 67.2 Å². The quantitative estimate of drug-likeness (QED) is 0.492. The molecule has 0 fully saturated rings. The molecule has 0 unspecified atom stereocenters. The number of hydrogen-bond acceptors (Lipinski definition) is 3. The Morgan fingerprint density at radius 3 is 2.27 bits per heavy atom. The molecule has 0 saturated heterocycles. The van der Waals surface area contributed by atoms with Crippen molar-refractivity contribution in [1.82, 2.24) is 4.98 Å². The first-order chi connectivity index (χ1) is 14.4. The smallest absolute Gasteiger partial charge is 0.0349 e. The number of aromatic nitrogens is 1. The van der Waals surface area contributed by atoms with Gasteiger partial charge in [0.15, 0.2) is 0 Å². The predicted octanol–water partition coefficient (Wildman–Crippen LogP) is 7.29. The van der Waals surface area contributed by atoms with Crippen molar-refractivity contribution in [1.29, 1.82) is 0 Å². The number of aliphatic imine (C=N–C) groups is 1. The highest BCUT2D eigenvalue weighted by molar-refractivity contribution is 5.85. The highest BCUT2D eigenvalue weighted by Crippen LogP contribution is 2.36.